The highest BCUT2D eigenvalue weighted by molar-refractivity contribution is 5.91. The van der Waals surface area contributed by atoms with Crippen LogP contribution in [0, 0.1) is 6.92 Å². The largest absolute Gasteiger partial charge is 0.493 e. The maximum absolute atomic E-state index is 12.2. The van der Waals surface area contributed by atoms with Crippen molar-refractivity contribution in [3.8, 4) is 28.9 Å². The third-order valence-electron chi connectivity index (χ3n) is 4.37. The van der Waals surface area contributed by atoms with Crippen LogP contribution < -0.4 is 19.5 Å². The van der Waals surface area contributed by atoms with Crippen LogP contribution in [0.2, 0.25) is 0 Å². The van der Waals surface area contributed by atoms with Crippen LogP contribution in [-0.4, -0.2) is 39.6 Å². The molecule has 1 amide bonds. The molecule has 2 heterocycles. The molecule has 0 saturated carbocycles. The van der Waals surface area contributed by atoms with Gasteiger partial charge in [0.25, 0.3) is 5.91 Å². The molecular formula is C23H21N5O4. The molecule has 2 aromatic heterocycles. The van der Waals surface area contributed by atoms with Crippen LogP contribution in [0.15, 0.2) is 72.9 Å². The summed E-state index contributed by atoms with van der Waals surface area (Å²) in [7, 11) is 1.55. The van der Waals surface area contributed by atoms with Crippen molar-refractivity contribution in [1.29, 1.82) is 0 Å². The predicted molar refractivity (Wildman–Crippen MR) is 118 cm³/mol. The Morgan fingerprint density at radius 1 is 0.969 bits per heavy atom. The average Bonchev–Trinajstić information content (AvgIpc) is 3.26. The first kappa shape index (κ1) is 20.9. The number of carbonyl (C=O) groups excluding carboxylic acids is 1. The Bertz CT molecular complexity index is 1190. The molecule has 0 atom stereocenters. The first-order valence-corrected chi connectivity index (χ1v) is 9.81. The molecule has 0 bridgehead atoms. The monoisotopic (exact) mass is 431 g/mol. The molecule has 0 unspecified atom stereocenters. The van der Waals surface area contributed by atoms with Crippen LogP contribution in [0.25, 0.3) is 5.82 Å². The first-order chi connectivity index (χ1) is 15.6. The fraction of sp³-hybridized carbons (Fsp3) is 0.130. The van der Waals surface area contributed by atoms with E-state index in [0.29, 0.717) is 34.6 Å². The van der Waals surface area contributed by atoms with Gasteiger partial charge in [0.1, 0.15) is 5.75 Å². The molecule has 0 fully saturated rings. The number of hydrogen-bond acceptors (Lipinski definition) is 7. The molecule has 2 aromatic carbocycles. The van der Waals surface area contributed by atoms with Crippen LogP contribution in [0.3, 0.4) is 0 Å². The molecule has 4 aromatic rings. The summed E-state index contributed by atoms with van der Waals surface area (Å²) in [6.07, 6.45) is 1.81. The maximum Gasteiger partial charge on any atom is 0.262 e. The van der Waals surface area contributed by atoms with E-state index in [1.54, 1.807) is 60.3 Å². The number of amides is 1. The van der Waals surface area contributed by atoms with Gasteiger partial charge < -0.3 is 19.5 Å². The molecule has 4 rings (SSSR count). The summed E-state index contributed by atoms with van der Waals surface area (Å²) in [4.78, 5) is 12.2. The van der Waals surface area contributed by atoms with Crippen molar-refractivity contribution in [2.75, 3.05) is 19.0 Å². The lowest BCUT2D eigenvalue weighted by atomic mass is 10.3. The number of methoxy groups -OCH3 is 1. The van der Waals surface area contributed by atoms with E-state index in [2.05, 4.69) is 20.6 Å². The van der Waals surface area contributed by atoms with Crippen molar-refractivity contribution >= 4 is 11.6 Å². The molecule has 0 aliphatic rings. The van der Waals surface area contributed by atoms with Gasteiger partial charge in [0, 0.05) is 18.0 Å². The summed E-state index contributed by atoms with van der Waals surface area (Å²) in [5, 5.41) is 15.2. The van der Waals surface area contributed by atoms with Gasteiger partial charge >= 0.3 is 0 Å². The van der Waals surface area contributed by atoms with E-state index in [1.807, 2.05) is 31.3 Å². The molecule has 0 aliphatic carbocycles. The number of carbonyl (C=O) groups is 1. The number of benzene rings is 2. The van der Waals surface area contributed by atoms with Crippen molar-refractivity contribution in [1.82, 2.24) is 20.0 Å². The first-order valence-electron chi connectivity index (χ1n) is 9.81. The standard InChI is InChI=1S/C23H21N5O4/c1-16-13-14-28(27-16)21-11-12-23(26-25-21)32-18-9-7-17(8-10-18)24-22(29)15-31-20-6-4-3-5-19(20)30-2/h3-14H,15H2,1-2H3,(H,24,29). The second kappa shape index (κ2) is 9.61. The van der Waals surface area contributed by atoms with Crippen molar-refractivity contribution in [2.24, 2.45) is 0 Å². The minimum atomic E-state index is -0.292. The number of rotatable bonds is 8. The van der Waals surface area contributed by atoms with Crippen molar-refractivity contribution < 1.29 is 19.0 Å². The minimum absolute atomic E-state index is 0.143. The van der Waals surface area contributed by atoms with Gasteiger partial charge in [-0.25, -0.2) is 4.68 Å². The van der Waals surface area contributed by atoms with Gasteiger partial charge in [0.2, 0.25) is 5.88 Å². The molecule has 0 saturated heterocycles. The lowest BCUT2D eigenvalue weighted by Gasteiger charge is -2.11. The van der Waals surface area contributed by atoms with Gasteiger partial charge in [-0.15, -0.1) is 10.2 Å². The van der Waals surface area contributed by atoms with E-state index in [-0.39, 0.29) is 12.5 Å². The van der Waals surface area contributed by atoms with Gasteiger partial charge in [-0.3, -0.25) is 4.79 Å². The van der Waals surface area contributed by atoms with Crippen molar-refractivity contribution in [2.45, 2.75) is 6.92 Å². The van der Waals surface area contributed by atoms with E-state index in [0.717, 1.165) is 5.69 Å². The van der Waals surface area contributed by atoms with Crippen LogP contribution in [0.5, 0.6) is 23.1 Å². The number of nitrogens with one attached hydrogen (secondary N) is 1. The number of nitrogens with zero attached hydrogens (tertiary/aromatic N) is 4. The van der Waals surface area contributed by atoms with Crippen LogP contribution in [0.4, 0.5) is 5.69 Å². The number of anilines is 1. The number of ether oxygens (including phenoxy) is 3. The van der Waals surface area contributed by atoms with Crippen LogP contribution in [0.1, 0.15) is 5.69 Å². The predicted octanol–water partition coefficient (Wildman–Crippen LogP) is 3.79. The highest BCUT2D eigenvalue weighted by atomic mass is 16.5. The van der Waals surface area contributed by atoms with E-state index in [9.17, 15) is 4.79 Å². The van der Waals surface area contributed by atoms with E-state index >= 15 is 0 Å². The zero-order chi connectivity index (χ0) is 22.3. The highest BCUT2D eigenvalue weighted by Gasteiger charge is 2.08. The molecular weight excluding hydrogens is 410 g/mol. The molecule has 9 nitrogen and oxygen atoms in total. The van der Waals surface area contributed by atoms with E-state index in [4.69, 9.17) is 14.2 Å². The lowest BCUT2D eigenvalue weighted by Crippen LogP contribution is -2.20. The Labute approximate surface area is 184 Å². The van der Waals surface area contributed by atoms with Gasteiger partial charge in [-0.05, 0) is 55.5 Å². The maximum atomic E-state index is 12.2. The molecule has 0 spiro atoms. The highest BCUT2D eigenvalue weighted by Crippen LogP contribution is 2.26. The molecule has 0 radical (unpaired) electrons. The summed E-state index contributed by atoms with van der Waals surface area (Å²) in [5.41, 5.74) is 1.51. The Balaban J connectivity index is 1.30. The Hall–Kier alpha value is -4.40. The zero-order valence-corrected chi connectivity index (χ0v) is 17.6. The van der Waals surface area contributed by atoms with E-state index < -0.39 is 0 Å². The van der Waals surface area contributed by atoms with Crippen molar-refractivity contribution in [3.05, 3.63) is 78.6 Å². The quantitative estimate of drug-likeness (QED) is 0.453. The topological polar surface area (TPSA) is 100 Å². The molecule has 1 N–H and O–H groups in total. The van der Waals surface area contributed by atoms with Crippen LogP contribution in [-0.2, 0) is 4.79 Å². The molecule has 162 valence electrons. The second-order valence-electron chi connectivity index (χ2n) is 6.75. The zero-order valence-electron chi connectivity index (χ0n) is 17.6. The lowest BCUT2D eigenvalue weighted by molar-refractivity contribution is -0.118. The number of para-hydroxylation sites is 2. The average molecular weight is 431 g/mol. The molecule has 0 aliphatic heterocycles. The Morgan fingerprint density at radius 2 is 1.75 bits per heavy atom. The number of aromatic nitrogens is 4. The molecule has 32 heavy (non-hydrogen) atoms. The third kappa shape index (κ3) is 5.20. The summed E-state index contributed by atoms with van der Waals surface area (Å²) < 4.78 is 18.1. The fourth-order valence-electron chi connectivity index (χ4n) is 2.84. The summed E-state index contributed by atoms with van der Waals surface area (Å²) in [6, 6.07) is 19.4. The SMILES string of the molecule is COc1ccccc1OCC(=O)Nc1ccc(Oc2ccc(-n3ccc(C)n3)nn2)cc1. The van der Waals surface area contributed by atoms with Gasteiger partial charge in [0.05, 0.1) is 12.8 Å². The Morgan fingerprint density at radius 3 is 2.41 bits per heavy atom. The normalized spacial score (nSPS) is 10.4. The third-order valence-corrected chi connectivity index (χ3v) is 4.37. The number of hydrogen-bond donors (Lipinski definition) is 1. The van der Waals surface area contributed by atoms with Gasteiger partial charge in [-0.2, -0.15) is 5.10 Å². The van der Waals surface area contributed by atoms with Gasteiger partial charge in [0.15, 0.2) is 23.9 Å². The second-order valence-corrected chi connectivity index (χ2v) is 6.75. The number of aryl methyl sites for hydroxylation is 1. The smallest absolute Gasteiger partial charge is 0.262 e. The van der Waals surface area contributed by atoms with E-state index in [1.165, 1.54) is 0 Å². The van der Waals surface area contributed by atoms with Crippen LogP contribution >= 0.6 is 0 Å². The summed E-state index contributed by atoms with van der Waals surface area (Å²) in [5.74, 6) is 2.28. The fourth-order valence-corrected chi connectivity index (χ4v) is 2.84. The summed E-state index contributed by atoms with van der Waals surface area (Å²) in [6.45, 7) is 1.76. The van der Waals surface area contributed by atoms with Gasteiger partial charge in [-0.1, -0.05) is 12.1 Å². The van der Waals surface area contributed by atoms with Crippen molar-refractivity contribution in [3.63, 3.8) is 0 Å². The Kier molecular flexibility index (Phi) is 6.26. The minimum Gasteiger partial charge on any atom is -0.493 e. The summed E-state index contributed by atoms with van der Waals surface area (Å²) >= 11 is 0. The molecule has 9 heteroatoms.